The molecular formula is C11H19BrN2O2S2. The number of halogens is 1. The van der Waals surface area contributed by atoms with E-state index in [9.17, 15) is 8.42 Å². The molecule has 0 saturated carbocycles. The molecule has 1 heterocycles. The first kappa shape index (κ1) is 16.1. The van der Waals surface area contributed by atoms with Crippen molar-refractivity contribution in [1.29, 1.82) is 0 Å². The molecule has 0 unspecified atom stereocenters. The van der Waals surface area contributed by atoms with Gasteiger partial charge in [-0.25, -0.2) is 13.1 Å². The van der Waals surface area contributed by atoms with Crippen molar-refractivity contribution < 1.29 is 8.42 Å². The minimum atomic E-state index is -3.47. The molecule has 0 fully saturated rings. The lowest BCUT2D eigenvalue weighted by Crippen LogP contribution is -2.49. The Kier molecular flexibility index (Phi) is 5.37. The highest BCUT2D eigenvalue weighted by Gasteiger charge is 2.25. The van der Waals surface area contributed by atoms with Crippen molar-refractivity contribution in [2.45, 2.75) is 44.0 Å². The predicted molar refractivity (Wildman–Crippen MR) is 79.4 cm³/mol. The minimum absolute atomic E-state index is 0.259. The van der Waals surface area contributed by atoms with Gasteiger partial charge in [0.15, 0.2) is 0 Å². The van der Waals surface area contributed by atoms with E-state index in [1.54, 1.807) is 13.0 Å². The maximum absolute atomic E-state index is 12.2. The molecule has 1 aromatic heterocycles. The summed E-state index contributed by atoms with van der Waals surface area (Å²) in [6.07, 6.45) is 1.47. The van der Waals surface area contributed by atoms with Crippen LogP contribution in [0.1, 0.15) is 31.6 Å². The van der Waals surface area contributed by atoms with Crippen molar-refractivity contribution in [3.05, 3.63) is 14.7 Å². The molecular weight excluding hydrogens is 336 g/mol. The Bertz CT molecular complexity index is 507. The van der Waals surface area contributed by atoms with Crippen LogP contribution < -0.4 is 10.5 Å². The lowest BCUT2D eigenvalue weighted by atomic mass is 9.95. The quantitative estimate of drug-likeness (QED) is 0.824. The Hall–Kier alpha value is 0.0500. The second-order valence-electron chi connectivity index (χ2n) is 4.36. The van der Waals surface area contributed by atoms with Gasteiger partial charge >= 0.3 is 0 Å². The van der Waals surface area contributed by atoms with Crippen LogP contribution in [0, 0.1) is 6.92 Å². The molecule has 104 valence electrons. The molecule has 0 saturated heterocycles. The first-order valence-electron chi connectivity index (χ1n) is 5.78. The van der Waals surface area contributed by atoms with Gasteiger partial charge in [-0.15, -0.1) is 11.3 Å². The SMILES string of the molecule is CCC(N)(CC)CNS(=O)(=O)c1cc(Br)sc1C. The molecule has 0 aliphatic heterocycles. The van der Waals surface area contributed by atoms with Gasteiger partial charge in [-0.1, -0.05) is 13.8 Å². The second kappa shape index (κ2) is 6.00. The second-order valence-corrected chi connectivity index (χ2v) is 8.74. The maximum atomic E-state index is 12.2. The molecule has 0 amide bonds. The molecule has 18 heavy (non-hydrogen) atoms. The van der Waals surface area contributed by atoms with E-state index in [1.807, 2.05) is 13.8 Å². The Balaban J connectivity index is 2.87. The van der Waals surface area contributed by atoms with Gasteiger partial charge in [0.25, 0.3) is 0 Å². The molecule has 7 heteroatoms. The zero-order valence-corrected chi connectivity index (χ0v) is 14.0. The first-order chi connectivity index (χ1) is 8.24. The van der Waals surface area contributed by atoms with Crippen molar-refractivity contribution in [3.63, 3.8) is 0 Å². The third-order valence-corrected chi connectivity index (χ3v) is 6.36. The fourth-order valence-electron chi connectivity index (χ4n) is 1.51. The molecule has 1 rings (SSSR count). The number of nitrogens with two attached hydrogens (primary N) is 1. The average Bonchev–Trinajstić information content (AvgIpc) is 2.66. The Morgan fingerprint density at radius 2 is 2.00 bits per heavy atom. The molecule has 0 spiro atoms. The summed E-state index contributed by atoms with van der Waals surface area (Å²) in [7, 11) is -3.47. The highest BCUT2D eigenvalue weighted by molar-refractivity contribution is 9.11. The molecule has 4 nitrogen and oxygen atoms in total. The average molecular weight is 355 g/mol. The Morgan fingerprint density at radius 1 is 1.44 bits per heavy atom. The van der Waals surface area contributed by atoms with Crippen LogP contribution in [0.15, 0.2) is 14.7 Å². The lowest BCUT2D eigenvalue weighted by Gasteiger charge is -2.26. The van der Waals surface area contributed by atoms with Crippen molar-refractivity contribution in [1.82, 2.24) is 4.72 Å². The largest absolute Gasteiger partial charge is 0.324 e. The van der Waals surface area contributed by atoms with Crippen LogP contribution in [0.3, 0.4) is 0 Å². The molecule has 1 aromatic rings. The molecule has 0 bridgehead atoms. The van der Waals surface area contributed by atoms with Crippen molar-refractivity contribution >= 4 is 37.3 Å². The molecule has 0 aliphatic rings. The molecule has 3 N–H and O–H groups in total. The van der Waals surface area contributed by atoms with E-state index < -0.39 is 15.6 Å². The number of thiophene rings is 1. The molecule has 0 aromatic carbocycles. The van der Waals surface area contributed by atoms with Crippen LogP contribution in [0.2, 0.25) is 0 Å². The normalized spacial score (nSPS) is 12.9. The van der Waals surface area contributed by atoms with Crippen molar-refractivity contribution in [2.24, 2.45) is 5.73 Å². The molecule has 0 radical (unpaired) electrons. The van der Waals surface area contributed by atoms with Crippen LogP contribution in [0.5, 0.6) is 0 Å². The summed E-state index contributed by atoms with van der Waals surface area (Å²) in [6.45, 7) is 5.98. The summed E-state index contributed by atoms with van der Waals surface area (Å²) in [4.78, 5) is 1.10. The minimum Gasteiger partial charge on any atom is -0.324 e. The first-order valence-corrected chi connectivity index (χ1v) is 8.88. The van der Waals surface area contributed by atoms with Crippen molar-refractivity contribution in [3.8, 4) is 0 Å². The molecule has 0 atom stereocenters. The van der Waals surface area contributed by atoms with Gasteiger partial charge in [-0.05, 0) is 41.8 Å². The summed E-state index contributed by atoms with van der Waals surface area (Å²) in [5, 5.41) is 0. The Labute approximate surface area is 121 Å². The van der Waals surface area contributed by atoms with Crippen LogP contribution in [0.4, 0.5) is 0 Å². The van der Waals surface area contributed by atoms with Gasteiger partial charge in [0.1, 0.15) is 0 Å². The van der Waals surface area contributed by atoms with Gasteiger partial charge in [-0.3, -0.25) is 0 Å². The predicted octanol–water partition coefficient (Wildman–Crippen LogP) is 2.61. The fraction of sp³-hybridized carbons (Fsp3) is 0.636. The van der Waals surface area contributed by atoms with Gasteiger partial charge in [0, 0.05) is 17.0 Å². The smallest absolute Gasteiger partial charge is 0.241 e. The van der Waals surface area contributed by atoms with E-state index >= 15 is 0 Å². The summed E-state index contributed by atoms with van der Waals surface area (Å²) >= 11 is 4.70. The number of nitrogens with one attached hydrogen (secondary N) is 1. The van der Waals surface area contributed by atoms with Crippen LogP contribution in [0.25, 0.3) is 0 Å². The highest BCUT2D eigenvalue weighted by Crippen LogP contribution is 2.29. The van der Waals surface area contributed by atoms with Crippen LogP contribution in [-0.4, -0.2) is 20.5 Å². The zero-order chi connectivity index (χ0) is 14.0. The van der Waals surface area contributed by atoms with E-state index in [2.05, 4.69) is 20.7 Å². The van der Waals surface area contributed by atoms with E-state index in [1.165, 1.54) is 11.3 Å². The number of aryl methyl sites for hydroxylation is 1. The van der Waals surface area contributed by atoms with Gasteiger partial charge in [-0.2, -0.15) is 0 Å². The number of sulfonamides is 1. The number of hydrogen-bond donors (Lipinski definition) is 2. The van der Waals surface area contributed by atoms with Crippen LogP contribution >= 0.6 is 27.3 Å². The van der Waals surface area contributed by atoms with E-state index in [0.29, 0.717) is 4.90 Å². The number of rotatable bonds is 6. The fourth-order valence-corrected chi connectivity index (χ4v) is 5.06. The van der Waals surface area contributed by atoms with Gasteiger partial charge < -0.3 is 5.73 Å². The third-order valence-electron chi connectivity index (χ3n) is 3.15. The van der Waals surface area contributed by atoms with E-state index in [4.69, 9.17) is 5.73 Å². The third kappa shape index (κ3) is 3.77. The summed E-state index contributed by atoms with van der Waals surface area (Å²) in [5.74, 6) is 0. The Morgan fingerprint density at radius 3 is 2.39 bits per heavy atom. The van der Waals surface area contributed by atoms with Crippen molar-refractivity contribution in [2.75, 3.05) is 6.54 Å². The highest BCUT2D eigenvalue weighted by atomic mass is 79.9. The lowest BCUT2D eigenvalue weighted by molar-refractivity contribution is 0.392. The summed E-state index contributed by atoms with van der Waals surface area (Å²) < 4.78 is 27.7. The van der Waals surface area contributed by atoms with E-state index in [0.717, 1.165) is 21.5 Å². The zero-order valence-electron chi connectivity index (χ0n) is 10.8. The van der Waals surface area contributed by atoms with Crippen LogP contribution in [-0.2, 0) is 10.0 Å². The topological polar surface area (TPSA) is 72.2 Å². The van der Waals surface area contributed by atoms with Gasteiger partial charge in [0.05, 0.1) is 8.68 Å². The molecule has 0 aliphatic carbocycles. The maximum Gasteiger partial charge on any atom is 0.241 e. The monoisotopic (exact) mass is 354 g/mol. The summed E-state index contributed by atoms with van der Waals surface area (Å²) in [6, 6.07) is 1.62. The standard InChI is InChI=1S/C11H19BrN2O2S2/c1-4-11(13,5-2)7-14-18(15,16)9-6-10(12)17-8(9)3/h6,14H,4-5,7,13H2,1-3H3. The van der Waals surface area contributed by atoms with E-state index in [-0.39, 0.29) is 6.54 Å². The summed E-state index contributed by atoms with van der Waals surface area (Å²) in [5.41, 5.74) is 5.61. The van der Waals surface area contributed by atoms with Gasteiger partial charge in [0.2, 0.25) is 10.0 Å². The number of hydrogen-bond acceptors (Lipinski definition) is 4.